The Kier molecular flexibility index (Phi) is 6.20. The number of aromatic nitrogens is 1. The quantitative estimate of drug-likeness (QED) is 0.657. The number of sulfonamides is 1. The fourth-order valence-electron chi connectivity index (χ4n) is 2.62. The number of anilines is 1. The molecule has 6 nitrogen and oxygen atoms in total. The topological polar surface area (TPSA) is 79.4 Å². The van der Waals surface area contributed by atoms with Gasteiger partial charge in [-0.1, -0.05) is 46.4 Å². The van der Waals surface area contributed by atoms with Gasteiger partial charge in [-0.25, -0.2) is 13.4 Å². The van der Waals surface area contributed by atoms with E-state index in [1.54, 1.807) is 0 Å². The molecular formula is C16H13Cl4N3O3S. The van der Waals surface area contributed by atoms with Gasteiger partial charge in [0.25, 0.3) is 5.91 Å². The molecule has 1 N–H and O–H groups in total. The van der Waals surface area contributed by atoms with Crippen molar-refractivity contribution in [2.45, 2.75) is 17.7 Å². The van der Waals surface area contributed by atoms with Crippen LogP contribution in [0.3, 0.4) is 0 Å². The maximum absolute atomic E-state index is 12.5. The van der Waals surface area contributed by atoms with Gasteiger partial charge in [0.05, 0.1) is 20.0 Å². The molecule has 0 saturated carbocycles. The Labute approximate surface area is 176 Å². The van der Waals surface area contributed by atoms with Crippen LogP contribution in [0.25, 0.3) is 0 Å². The largest absolute Gasteiger partial charge is 0.321 e. The van der Waals surface area contributed by atoms with E-state index in [9.17, 15) is 13.2 Å². The number of nitrogens with one attached hydrogen (secondary N) is 1. The molecule has 0 radical (unpaired) electrons. The lowest BCUT2D eigenvalue weighted by atomic mass is 10.3. The summed E-state index contributed by atoms with van der Waals surface area (Å²) in [5.74, 6) is -0.657. The second kappa shape index (κ2) is 8.11. The predicted molar refractivity (Wildman–Crippen MR) is 107 cm³/mol. The number of hydrogen-bond donors (Lipinski definition) is 1. The summed E-state index contributed by atoms with van der Waals surface area (Å²) >= 11 is 23.6. The summed E-state index contributed by atoms with van der Waals surface area (Å²) in [6.45, 7) is 1.03. The first-order valence-electron chi connectivity index (χ1n) is 7.83. The SMILES string of the molecule is O=C(Nc1ccc(S(=O)(=O)N2CCCC2)cc1)c1nc(Cl)c(Cl)c(Cl)c1Cl. The van der Waals surface area contributed by atoms with Gasteiger partial charge in [-0.3, -0.25) is 4.79 Å². The number of carbonyl (C=O) groups is 1. The number of nitrogens with zero attached hydrogens (tertiary/aromatic N) is 2. The minimum absolute atomic E-state index is 0.0450. The van der Waals surface area contributed by atoms with Crippen LogP contribution in [0.15, 0.2) is 29.2 Å². The van der Waals surface area contributed by atoms with Gasteiger partial charge in [0, 0.05) is 18.8 Å². The highest BCUT2D eigenvalue weighted by molar-refractivity contribution is 7.89. The number of benzene rings is 1. The second-order valence-corrected chi connectivity index (χ2v) is 9.21. The Morgan fingerprint density at radius 3 is 2.15 bits per heavy atom. The molecule has 1 fully saturated rings. The van der Waals surface area contributed by atoms with E-state index in [0.29, 0.717) is 18.8 Å². The minimum Gasteiger partial charge on any atom is -0.321 e. The normalized spacial score (nSPS) is 15.1. The Balaban J connectivity index is 1.80. The van der Waals surface area contributed by atoms with Crippen molar-refractivity contribution < 1.29 is 13.2 Å². The van der Waals surface area contributed by atoms with E-state index >= 15 is 0 Å². The van der Waals surface area contributed by atoms with Crippen LogP contribution in [0.5, 0.6) is 0 Å². The van der Waals surface area contributed by atoms with E-state index in [1.165, 1.54) is 28.6 Å². The average Bonchev–Trinajstić information content (AvgIpc) is 3.19. The van der Waals surface area contributed by atoms with E-state index in [4.69, 9.17) is 46.4 Å². The van der Waals surface area contributed by atoms with E-state index in [1.807, 2.05) is 0 Å². The zero-order valence-electron chi connectivity index (χ0n) is 13.7. The highest BCUT2D eigenvalue weighted by Crippen LogP contribution is 2.36. The summed E-state index contributed by atoms with van der Waals surface area (Å²) in [5.41, 5.74) is 0.172. The molecule has 3 rings (SSSR count). The van der Waals surface area contributed by atoms with E-state index in [-0.39, 0.29) is 30.8 Å². The monoisotopic (exact) mass is 467 g/mol. The first-order chi connectivity index (χ1) is 12.7. The van der Waals surface area contributed by atoms with Crippen LogP contribution >= 0.6 is 46.4 Å². The van der Waals surface area contributed by atoms with Gasteiger partial charge in [0.2, 0.25) is 10.0 Å². The van der Waals surface area contributed by atoms with Gasteiger partial charge in [-0.2, -0.15) is 4.31 Å². The molecule has 1 aliphatic heterocycles. The molecule has 27 heavy (non-hydrogen) atoms. The summed E-state index contributed by atoms with van der Waals surface area (Å²) < 4.78 is 26.5. The molecule has 0 aliphatic carbocycles. The molecule has 11 heteroatoms. The standard InChI is InChI=1S/C16H13Cl4N3O3S/c17-11-12(18)14(22-15(20)13(11)19)16(24)21-9-3-5-10(6-4-9)27(25,26)23-7-1-2-8-23/h3-6H,1-2,7-8H2,(H,21,24). The smallest absolute Gasteiger partial charge is 0.275 e. The molecule has 1 aromatic heterocycles. The third kappa shape index (κ3) is 4.18. The highest BCUT2D eigenvalue weighted by atomic mass is 35.5. The van der Waals surface area contributed by atoms with E-state index in [0.717, 1.165) is 12.8 Å². The summed E-state index contributed by atoms with van der Waals surface area (Å²) in [5, 5.41) is 2.17. The van der Waals surface area contributed by atoms with Gasteiger partial charge in [0.1, 0.15) is 10.8 Å². The number of halogens is 4. The van der Waals surface area contributed by atoms with Crippen molar-refractivity contribution in [1.82, 2.24) is 9.29 Å². The van der Waals surface area contributed by atoms with Crippen molar-refractivity contribution in [3.8, 4) is 0 Å². The van der Waals surface area contributed by atoms with Crippen molar-refractivity contribution in [3.05, 3.63) is 50.2 Å². The summed E-state index contributed by atoms with van der Waals surface area (Å²) in [4.78, 5) is 16.4. The molecule has 1 aromatic carbocycles. The lowest BCUT2D eigenvalue weighted by Gasteiger charge is -2.15. The average molecular weight is 469 g/mol. The van der Waals surface area contributed by atoms with E-state index < -0.39 is 15.9 Å². The molecule has 144 valence electrons. The summed E-state index contributed by atoms with van der Waals surface area (Å²) in [6, 6.07) is 5.82. The van der Waals surface area contributed by atoms with Crippen molar-refractivity contribution >= 4 is 68.0 Å². The lowest BCUT2D eigenvalue weighted by Crippen LogP contribution is -2.27. The first-order valence-corrected chi connectivity index (χ1v) is 10.8. The first kappa shape index (κ1) is 20.6. The van der Waals surface area contributed by atoms with Gasteiger partial charge < -0.3 is 5.32 Å². The third-order valence-corrected chi connectivity index (χ3v) is 7.60. The lowest BCUT2D eigenvalue weighted by molar-refractivity contribution is 0.102. The van der Waals surface area contributed by atoms with Crippen molar-refractivity contribution in [2.24, 2.45) is 0 Å². The van der Waals surface area contributed by atoms with Gasteiger partial charge >= 0.3 is 0 Å². The summed E-state index contributed by atoms with van der Waals surface area (Å²) in [6.07, 6.45) is 1.71. The highest BCUT2D eigenvalue weighted by Gasteiger charge is 2.27. The molecule has 1 aliphatic rings. The number of pyridine rings is 1. The molecule has 0 bridgehead atoms. The zero-order chi connectivity index (χ0) is 19.8. The Bertz CT molecular complexity index is 991. The molecule has 2 aromatic rings. The fraction of sp³-hybridized carbons (Fsp3) is 0.250. The van der Waals surface area contributed by atoms with Crippen LogP contribution in [0.1, 0.15) is 23.3 Å². The maximum atomic E-state index is 12.5. The van der Waals surface area contributed by atoms with Gasteiger partial charge in [-0.05, 0) is 37.1 Å². The zero-order valence-corrected chi connectivity index (χ0v) is 17.5. The van der Waals surface area contributed by atoms with Crippen LogP contribution in [-0.4, -0.2) is 36.7 Å². The Morgan fingerprint density at radius 2 is 1.56 bits per heavy atom. The van der Waals surface area contributed by atoms with Crippen LogP contribution in [-0.2, 0) is 10.0 Å². The molecule has 1 amide bonds. The van der Waals surface area contributed by atoms with Gasteiger partial charge in [-0.15, -0.1) is 0 Å². The third-order valence-electron chi connectivity index (χ3n) is 4.01. The second-order valence-electron chi connectivity index (χ2n) is 5.78. The number of hydrogen-bond acceptors (Lipinski definition) is 4. The maximum Gasteiger partial charge on any atom is 0.275 e. The molecule has 1 saturated heterocycles. The van der Waals surface area contributed by atoms with Crippen LogP contribution in [0.2, 0.25) is 20.2 Å². The van der Waals surface area contributed by atoms with Crippen LogP contribution < -0.4 is 5.32 Å². The number of rotatable bonds is 4. The fourth-order valence-corrected chi connectivity index (χ4v) is 4.95. The van der Waals surface area contributed by atoms with Crippen molar-refractivity contribution in [3.63, 3.8) is 0 Å². The molecular weight excluding hydrogens is 456 g/mol. The molecule has 0 spiro atoms. The number of carbonyl (C=O) groups excluding carboxylic acids is 1. The minimum atomic E-state index is -3.52. The van der Waals surface area contributed by atoms with Crippen molar-refractivity contribution in [2.75, 3.05) is 18.4 Å². The molecule has 0 unspecified atom stereocenters. The number of amides is 1. The molecule has 0 atom stereocenters. The predicted octanol–water partition coefficient (Wildman–Crippen LogP) is 4.73. The van der Waals surface area contributed by atoms with Crippen LogP contribution in [0, 0.1) is 0 Å². The van der Waals surface area contributed by atoms with Crippen LogP contribution in [0.4, 0.5) is 5.69 Å². The molecule has 2 heterocycles. The Morgan fingerprint density at radius 1 is 0.963 bits per heavy atom. The van der Waals surface area contributed by atoms with Gasteiger partial charge in [0.15, 0.2) is 0 Å². The van der Waals surface area contributed by atoms with Crippen molar-refractivity contribution in [1.29, 1.82) is 0 Å². The van der Waals surface area contributed by atoms with E-state index in [2.05, 4.69) is 10.3 Å². The summed E-state index contributed by atoms with van der Waals surface area (Å²) in [7, 11) is -3.52. The Hall–Kier alpha value is -1.09.